The molecule has 0 saturated heterocycles. The van der Waals surface area contributed by atoms with Crippen molar-refractivity contribution in [3.8, 4) is 5.69 Å². The fourth-order valence-corrected chi connectivity index (χ4v) is 2.23. The maximum atomic E-state index is 12.5. The Morgan fingerprint density at radius 2 is 2.09 bits per heavy atom. The van der Waals surface area contributed by atoms with Gasteiger partial charge in [0.1, 0.15) is 0 Å². The Balaban J connectivity index is 2.17. The molecule has 0 radical (unpaired) electrons. The topological polar surface area (TPSA) is 78.6 Å². The van der Waals surface area contributed by atoms with Crippen molar-refractivity contribution in [3.63, 3.8) is 0 Å². The fraction of sp³-hybridized carbons (Fsp3) is 0.375. The number of hydrogen-bond acceptors (Lipinski definition) is 4. The molecule has 0 saturated carbocycles. The van der Waals surface area contributed by atoms with Crippen LogP contribution in [0.5, 0.6) is 0 Å². The fourth-order valence-electron chi connectivity index (χ4n) is 2.23. The maximum absolute atomic E-state index is 12.5. The second kappa shape index (κ2) is 6.72. The van der Waals surface area contributed by atoms with Gasteiger partial charge in [-0.05, 0) is 18.2 Å². The van der Waals surface area contributed by atoms with Crippen LogP contribution in [0.4, 0.5) is 0 Å². The highest BCUT2D eigenvalue weighted by molar-refractivity contribution is 5.94. The van der Waals surface area contributed by atoms with E-state index in [4.69, 9.17) is 0 Å². The van der Waals surface area contributed by atoms with Crippen molar-refractivity contribution in [1.82, 2.24) is 14.5 Å². The Morgan fingerprint density at radius 3 is 2.68 bits per heavy atom. The maximum Gasteiger partial charge on any atom is 0.253 e. The summed E-state index contributed by atoms with van der Waals surface area (Å²) in [5, 5.41) is 18.7. The number of carbonyl (C=O) groups excluding carboxylic acids is 1. The lowest BCUT2D eigenvalue weighted by Crippen LogP contribution is -2.41. The number of nitrogens with zero attached hydrogens (tertiary/aromatic N) is 3. The molecule has 2 rings (SSSR count). The molecule has 0 unspecified atom stereocenters. The molecular weight excluding hydrogens is 282 g/mol. The van der Waals surface area contributed by atoms with Gasteiger partial charge in [-0.25, -0.2) is 4.98 Å². The molecule has 0 fully saturated rings. The van der Waals surface area contributed by atoms with Crippen molar-refractivity contribution in [1.29, 1.82) is 0 Å². The van der Waals surface area contributed by atoms with Crippen LogP contribution in [0.1, 0.15) is 17.3 Å². The van der Waals surface area contributed by atoms with Gasteiger partial charge in [0.15, 0.2) is 0 Å². The Bertz CT molecular complexity index is 621. The largest absolute Gasteiger partial charge is 0.396 e. The first-order valence-corrected chi connectivity index (χ1v) is 7.05. The Labute approximate surface area is 129 Å². The van der Waals surface area contributed by atoms with E-state index < -0.39 is 5.41 Å². The standard InChI is InChI=1S/C16H21N3O3/c1-16(10-20,11-21)9-18(2)15(22)13-4-3-5-14(8-13)19-7-6-17-12-19/h3-8,12,20-21H,9-11H2,1-2H3. The van der Waals surface area contributed by atoms with Crippen LogP contribution in [0, 0.1) is 5.41 Å². The first-order valence-electron chi connectivity index (χ1n) is 7.05. The number of carbonyl (C=O) groups is 1. The number of benzene rings is 1. The van der Waals surface area contributed by atoms with Crippen LogP contribution in [-0.4, -0.2) is 57.4 Å². The third-order valence-corrected chi connectivity index (χ3v) is 3.62. The predicted octanol–water partition coefficient (Wildman–Crippen LogP) is 0.935. The van der Waals surface area contributed by atoms with Gasteiger partial charge in [-0.15, -0.1) is 0 Å². The third-order valence-electron chi connectivity index (χ3n) is 3.62. The zero-order valence-electron chi connectivity index (χ0n) is 12.8. The van der Waals surface area contributed by atoms with E-state index in [0.717, 1.165) is 5.69 Å². The number of rotatable bonds is 6. The molecule has 118 valence electrons. The van der Waals surface area contributed by atoms with Crippen LogP contribution in [0.25, 0.3) is 5.69 Å². The molecule has 1 aromatic carbocycles. The van der Waals surface area contributed by atoms with Gasteiger partial charge in [-0.1, -0.05) is 13.0 Å². The monoisotopic (exact) mass is 303 g/mol. The van der Waals surface area contributed by atoms with Crippen molar-refractivity contribution >= 4 is 5.91 Å². The molecule has 0 spiro atoms. The SMILES string of the molecule is CN(CC(C)(CO)CO)C(=O)c1cccc(-n2ccnc2)c1. The smallest absolute Gasteiger partial charge is 0.253 e. The van der Waals surface area contributed by atoms with E-state index in [9.17, 15) is 15.0 Å². The summed E-state index contributed by atoms with van der Waals surface area (Å²) in [6.45, 7) is 1.64. The molecule has 1 amide bonds. The summed E-state index contributed by atoms with van der Waals surface area (Å²) >= 11 is 0. The van der Waals surface area contributed by atoms with Gasteiger partial charge in [0, 0.05) is 42.7 Å². The van der Waals surface area contributed by atoms with Crippen LogP contribution in [-0.2, 0) is 0 Å². The Morgan fingerprint density at radius 1 is 1.36 bits per heavy atom. The van der Waals surface area contributed by atoms with Crippen LogP contribution in [0.15, 0.2) is 43.0 Å². The highest BCUT2D eigenvalue weighted by Gasteiger charge is 2.26. The van der Waals surface area contributed by atoms with Crippen molar-refractivity contribution in [2.45, 2.75) is 6.92 Å². The van der Waals surface area contributed by atoms with Gasteiger partial charge in [-0.2, -0.15) is 0 Å². The van der Waals surface area contributed by atoms with Gasteiger partial charge in [0.25, 0.3) is 5.91 Å². The van der Waals surface area contributed by atoms with Crippen molar-refractivity contribution < 1.29 is 15.0 Å². The lowest BCUT2D eigenvalue weighted by molar-refractivity contribution is 0.0366. The number of hydrogen-bond donors (Lipinski definition) is 2. The van der Waals surface area contributed by atoms with E-state index in [1.54, 1.807) is 38.6 Å². The molecule has 0 aliphatic carbocycles. The van der Waals surface area contributed by atoms with E-state index in [1.807, 2.05) is 22.9 Å². The minimum absolute atomic E-state index is 0.157. The Kier molecular flexibility index (Phi) is 4.95. The quantitative estimate of drug-likeness (QED) is 0.832. The average Bonchev–Trinajstić information content (AvgIpc) is 3.08. The minimum atomic E-state index is -0.716. The first-order chi connectivity index (χ1) is 10.5. The highest BCUT2D eigenvalue weighted by atomic mass is 16.3. The summed E-state index contributed by atoms with van der Waals surface area (Å²) < 4.78 is 1.82. The molecule has 1 heterocycles. The lowest BCUT2D eigenvalue weighted by atomic mass is 9.92. The van der Waals surface area contributed by atoms with E-state index >= 15 is 0 Å². The van der Waals surface area contributed by atoms with Crippen LogP contribution < -0.4 is 0 Å². The lowest BCUT2D eigenvalue weighted by Gasteiger charge is -2.30. The summed E-state index contributed by atoms with van der Waals surface area (Å²) in [4.78, 5) is 18.0. The number of imidazole rings is 1. The highest BCUT2D eigenvalue weighted by Crippen LogP contribution is 2.18. The molecule has 0 atom stereocenters. The molecule has 6 heteroatoms. The molecule has 2 aromatic rings. The number of aliphatic hydroxyl groups excluding tert-OH is 2. The minimum Gasteiger partial charge on any atom is -0.396 e. The normalized spacial score (nSPS) is 11.5. The third kappa shape index (κ3) is 3.52. The summed E-state index contributed by atoms with van der Waals surface area (Å²) in [7, 11) is 1.66. The molecular formula is C16H21N3O3. The second-order valence-electron chi connectivity index (χ2n) is 5.81. The van der Waals surface area contributed by atoms with E-state index in [1.165, 1.54) is 4.90 Å². The first kappa shape index (κ1) is 16.2. The van der Waals surface area contributed by atoms with Crippen LogP contribution in [0.2, 0.25) is 0 Å². The van der Waals surface area contributed by atoms with Crippen LogP contribution >= 0.6 is 0 Å². The van der Waals surface area contributed by atoms with Gasteiger partial charge in [0.05, 0.1) is 19.5 Å². The molecule has 0 aliphatic heterocycles. The molecule has 22 heavy (non-hydrogen) atoms. The molecule has 1 aromatic heterocycles. The van der Waals surface area contributed by atoms with Crippen molar-refractivity contribution in [2.75, 3.05) is 26.8 Å². The average molecular weight is 303 g/mol. The Hall–Kier alpha value is -2.18. The molecule has 0 aliphatic rings. The van der Waals surface area contributed by atoms with Gasteiger partial charge in [0.2, 0.25) is 0 Å². The van der Waals surface area contributed by atoms with Crippen molar-refractivity contribution in [2.24, 2.45) is 5.41 Å². The number of amides is 1. The second-order valence-corrected chi connectivity index (χ2v) is 5.81. The number of aromatic nitrogens is 2. The van der Waals surface area contributed by atoms with E-state index in [2.05, 4.69) is 4.98 Å². The molecule has 2 N–H and O–H groups in total. The van der Waals surface area contributed by atoms with Gasteiger partial charge in [-0.3, -0.25) is 4.79 Å². The predicted molar refractivity (Wildman–Crippen MR) is 82.8 cm³/mol. The van der Waals surface area contributed by atoms with E-state index in [-0.39, 0.29) is 25.7 Å². The number of aliphatic hydroxyl groups is 2. The van der Waals surface area contributed by atoms with Crippen molar-refractivity contribution in [3.05, 3.63) is 48.5 Å². The molecule has 6 nitrogen and oxygen atoms in total. The molecule has 0 bridgehead atoms. The zero-order valence-corrected chi connectivity index (χ0v) is 12.8. The van der Waals surface area contributed by atoms with Gasteiger partial charge < -0.3 is 19.7 Å². The summed E-state index contributed by atoms with van der Waals surface area (Å²) in [6, 6.07) is 7.24. The summed E-state index contributed by atoms with van der Waals surface area (Å²) in [5.74, 6) is -0.157. The summed E-state index contributed by atoms with van der Waals surface area (Å²) in [5.41, 5.74) is 0.683. The van der Waals surface area contributed by atoms with Crippen LogP contribution in [0.3, 0.4) is 0 Å². The zero-order chi connectivity index (χ0) is 16.2. The van der Waals surface area contributed by atoms with Gasteiger partial charge >= 0.3 is 0 Å². The van der Waals surface area contributed by atoms with E-state index in [0.29, 0.717) is 5.56 Å². The summed E-state index contributed by atoms with van der Waals surface area (Å²) in [6.07, 6.45) is 5.15.